The molecular formula is C26H20N2O3. The molecule has 0 radical (unpaired) electrons. The summed E-state index contributed by atoms with van der Waals surface area (Å²) in [5, 5.41) is 14.8. The molecule has 2 atom stereocenters. The minimum absolute atomic E-state index is 0.0160. The summed E-state index contributed by atoms with van der Waals surface area (Å²) in [5.41, 5.74) is 5.49. The molecule has 2 aliphatic rings. The lowest BCUT2D eigenvalue weighted by Gasteiger charge is -2.36. The SMILES string of the molecule is O=C1CC(c2ccco2)CC2=C1C(c1cccc(O)c1)c1c(ccc3ncccc13)N2. The monoisotopic (exact) mass is 408 g/mol. The molecule has 5 nitrogen and oxygen atoms in total. The van der Waals surface area contributed by atoms with E-state index in [-0.39, 0.29) is 23.4 Å². The fraction of sp³-hybridized carbons (Fsp3) is 0.154. The zero-order valence-corrected chi connectivity index (χ0v) is 16.7. The third-order valence-corrected chi connectivity index (χ3v) is 6.35. The molecule has 4 aromatic rings. The number of nitrogens with one attached hydrogen (secondary N) is 1. The number of pyridine rings is 1. The molecule has 152 valence electrons. The maximum absolute atomic E-state index is 13.5. The number of aromatic hydroxyl groups is 1. The van der Waals surface area contributed by atoms with E-state index in [0.29, 0.717) is 12.8 Å². The van der Waals surface area contributed by atoms with Crippen molar-refractivity contribution in [3.63, 3.8) is 0 Å². The van der Waals surface area contributed by atoms with Crippen molar-refractivity contribution in [1.82, 2.24) is 4.98 Å². The summed E-state index contributed by atoms with van der Waals surface area (Å²) >= 11 is 0. The Morgan fingerprint density at radius 3 is 2.81 bits per heavy atom. The van der Waals surface area contributed by atoms with Gasteiger partial charge in [-0.15, -0.1) is 0 Å². The van der Waals surface area contributed by atoms with Gasteiger partial charge in [-0.05, 0) is 60.0 Å². The first-order valence-electron chi connectivity index (χ1n) is 10.4. The molecule has 0 bridgehead atoms. The van der Waals surface area contributed by atoms with E-state index in [9.17, 15) is 9.90 Å². The highest BCUT2D eigenvalue weighted by Gasteiger charge is 2.39. The highest BCUT2D eigenvalue weighted by molar-refractivity contribution is 6.04. The number of phenolic OH excluding ortho intramolecular Hbond substituents is 1. The second-order valence-corrected chi connectivity index (χ2v) is 8.19. The Morgan fingerprint density at radius 2 is 1.97 bits per heavy atom. The molecule has 3 heterocycles. The van der Waals surface area contributed by atoms with Crippen molar-refractivity contribution < 1.29 is 14.3 Å². The first-order valence-corrected chi connectivity index (χ1v) is 10.4. The van der Waals surface area contributed by atoms with E-state index < -0.39 is 0 Å². The van der Waals surface area contributed by atoms with Gasteiger partial charge in [0.1, 0.15) is 11.5 Å². The zero-order valence-electron chi connectivity index (χ0n) is 16.7. The van der Waals surface area contributed by atoms with Gasteiger partial charge in [0.2, 0.25) is 0 Å². The van der Waals surface area contributed by atoms with Gasteiger partial charge in [0.05, 0.1) is 11.8 Å². The number of anilines is 1. The van der Waals surface area contributed by atoms with Crippen molar-refractivity contribution in [3.05, 3.63) is 101 Å². The van der Waals surface area contributed by atoms with Crippen molar-refractivity contribution >= 4 is 22.4 Å². The fourth-order valence-electron chi connectivity index (χ4n) is 5.05. The van der Waals surface area contributed by atoms with Crippen molar-refractivity contribution in [2.75, 3.05) is 5.32 Å². The number of furan rings is 1. The van der Waals surface area contributed by atoms with Crippen LogP contribution in [0.15, 0.2) is 88.8 Å². The van der Waals surface area contributed by atoms with Gasteiger partial charge in [0.25, 0.3) is 0 Å². The Balaban J connectivity index is 1.58. The molecule has 31 heavy (non-hydrogen) atoms. The number of ketones is 1. The van der Waals surface area contributed by atoms with E-state index in [1.807, 2.05) is 48.5 Å². The Morgan fingerprint density at radius 1 is 1.03 bits per heavy atom. The molecule has 0 amide bonds. The molecule has 1 aliphatic carbocycles. The molecule has 0 saturated heterocycles. The van der Waals surface area contributed by atoms with Crippen molar-refractivity contribution in [2.24, 2.45) is 0 Å². The number of rotatable bonds is 2. The number of phenols is 1. The van der Waals surface area contributed by atoms with Crippen LogP contribution in [-0.2, 0) is 4.79 Å². The molecule has 1 aliphatic heterocycles. The minimum atomic E-state index is -0.267. The molecule has 0 saturated carbocycles. The summed E-state index contributed by atoms with van der Waals surface area (Å²) in [6.45, 7) is 0. The number of carbonyl (C=O) groups is 1. The molecule has 2 N–H and O–H groups in total. The lowest BCUT2D eigenvalue weighted by atomic mass is 9.72. The first-order chi connectivity index (χ1) is 15.2. The number of benzene rings is 2. The maximum Gasteiger partial charge on any atom is 0.162 e. The van der Waals surface area contributed by atoms with Crippen LogP contribution in [0.25, 0.3) is 10.9 Å². The summed E-state index contributed by atoms with van der Waals surface area (Å²) in [6, 6.07) is 19.0. The lowest BCUT2D eigenvalue weighted by molar-refractivity contribution is -0.116. The average molecular weight is 408 g/mol. The maximum atomic E-state index is 13.5. The number of fused-ring (bicyclic) bond motifs is 3. The van der Waals surface area contributed by atoms with Gasteiger partial charge < -0.3 is 14.8 Å². The van der Waals surface area contributed by atoms with E-state index in [0.717, 1.165) is 44.7 Å². The normalized spacial score (nSPS) is 20.3. The topological polar surface area (TPSA) is 75.4 Å². The lowest BCUT2D eigenvalue weighted by Crippen LogP contribution is -2.29. The zero-order chi connectivity index (χ0) is 20.9. The predicted molar refractivity (Wildman–Crippen MR) is 118 cm³/mol. The Bertz CT molecular complexity index is 1350. The van der Waals surface area contributed by atoms with E-state index in [1.165, 1.54) is 0 Å². The molecule has 0 fully saturated rings. The number of allylic oxidation sites excluding steroid dienone is 2. The summed E-state index contributed by atoms with van der Waals surface area (Å²) in [6.07, 6.45) is 4.54. The first kappa shape index (κ1) is 18.0. The van der Waals surface area contributed by atoms with Crippen LogP contribution in [0.1, 0.15) is 41.6 Å². The van der Waals surface area contributed by atoms with Crippen molar-refractivity contribution in [1.29, 1.82) is 0 Å². The second-order valence-electron chi connectivity index (χ2n) is 8.19. The molecule has 6 rings (SSSR count). The number of Topliss-reactive ketones (excluding diaryl/α,β-unsaturated/α-hetero) is 1. The summed E-state index contributed by atoms with van der Waals surface area (Å²) in [4.78, 5) is 18.0. The van der Waals surface area contributed by atoms with Gasteiger partial charge in [-0.2, -0.15) is 0 Å². The number of aromatic nitrogens is 1. The molecule has 5 heteroatoms. The third-order valence-electron chi connectivity index (χ3n) is 6.35. The van der Waals surface area contributed by atoms with E-state index >= 15 is 0 Å². The Hall–Kier alpha value is -3.86. The van der Waals surface area contributed by atoms with Gasteiger partial charge in [0, 0.05) is 46.8 Å². The van der Waals surface area contributed by atoms with Gasteiger partial charge in [-0.25, -0.2) is 0 Å². The van der Waals surface area contributed by atoms with Crippen LogP contribution >= 0.6 is 0 Å². The smallest absolute Gasteiger partial charge is 0.162 e. The highest BCUT2D eigenvalue weighted by atomic mass is 16.3. The van der Waals surface area contributed by atoms with Crippen molar-refractivity contribution in [3.8, 4) is 5.75 Å². The number of carbonyl (C=O) groups excluding carboxylic acids is 1. The largest absolute Gasteiger partial charge is 0.508 e. The Labute approximate surface area is 179 Å². The van der Waals surface area contributed by atoms with E-state index in [1.54, 1.807) is 24.6 Å². The quantitative estimate of drug-likeness (QED) is 0.459. The molecule has 2 aromatic heterocycles. The van der Waals surface area contributed by atoms with Crippen LogP contribution in [0.2, 0.25) is 0 Å². The molecule has 2 aromatic carbocycles. The van der Waals surface area contributed by atoms with Crippen LogP contribution in [0.5, 0.6) is 5.75 Å². The standard InChI is InChI=1S/C26H20N2O3/c29-17-5-1-4-15(12-17)24-25-18-6-2-10-27-19(18)8-9-20(25)28-21-13-16(14-22(30)26(21)24)23-7-3-11-31-23/h1-12,16,24,28-29H,13-14H2. The minimum Gasteiger partial charge on any atom is -0.508 e. The second kappa shape index (κ2) is 6.84. The van der Waals surface area contributed by atoms with Crippen LogP contribution in [0.4, 0.5) is 5.69 Å². The number of hydrogen-bond acceptors (Lipinski definition) is 5. The third kappa shape index (κ3) is 2.85. The predicted octanol–water partition coefficient (Wildman–Crippen LogP) is 5.49. The van der Waals surface area contributed by atoms with E-state index in [4.69, 9.17) is 4.42 Å². The molecular weight excluding hydrogens is 388 g/mol. The Kier molecular flexibility index (Phi) is 3.96. The summed E-state index contributed by atoms with van der Waals surface area (Å²) < 4.78 is 5.61. The van der Waals surface area contributed by atoms with Crippen LogP contribution in [-0.4, -0.2) is 15.9 Å². The average Bonchev–Trinajstić information content (AvgIpc) is 3.32. The fourth-order valence-corrected chi connectivity index (χ4v) is 5.05. The molecule has 0 spiro atoms. The summed E-state index contributed by atoms with van der Waals surface area (Å²) in [7, 11) is 0. The van der Waals surface area contributed by atoms with Crippen LogP contribution in [0, 0.1) is 0 Å². The number of nitrogens with zero attached hydrogens (tertiary/aromatic N) is 1. The van der Waals surface area contributed by atoms with Gasteiger partial charge in [-0.1, -0.05) is 18.2 Å². The van der Waals surface area contributed by atoms with Gasteiger partial charge >= 0.3 is 0 Å². The summed E-state index contributed by atoms with van der Waals surface area (Å²) in [5.74, 6) is 0.882. The number of hydrogen-bond donors (Lipinski definition) is 2. The molecule has 2 unspecified atom stereocenters. The van der Waals surface area contributed by atoms with Crippen LogP contribution < -0.4 is 5.32 Å². The highest BCUT2D eigenvalue weighted by Crippen LogP contribution is 2.50. The van der Waals surface area contributed by atoms with Crippen molar-refractivity contribution in [2.45, 2.75) is 24.7 Å². The van der Waals surface area contributed by atoms with Gasteiger partial charge in [0.15, 0.2) is 5.78 Å². The van der Waals surface area contributed by atoms with E-state index in [2.05, 4.69) is 10.3 Å². The van der Waals surface area contributed by atoms with Gasteiger partial charge in [-0.3, -0.25) is 9.78 Å². The van der Waals surface area contributed by atoms with Crippen LogP contribution in [0.3, 0.4) is 0 Å².